The predicted molar refractivity (Wildman–Crippen MR) is 114 cm³/mol. The number of anilines is 1. The van der Waals surface area contributed by atoms with Gasteiger partial charge in [0.25, 0.3) is 0 Å². The first kappa shape index (κ1) is 20.3. The molecule has 0 atom stereocenters. The summed E-state index contributed by atoms with van der Waals surface area (Å²) < 4.78 is 28.0. The lowest BCUT2D eigenvalue weighted by Crippen LogP contribution is -2.15. The molecule has 0 saturated carbocycles. The van der Waals surface area contributed by atoms with Crippen LogP contribution in [0.1, 0.15) is 5.69 Å². The molecular formula is C21H15ClF2N4OS. The Balaban J connectivity index is 1.55. The summed E-state index contributed by atoms with van der Waals surface area (Å²) in [4.78, 5) is 16.9. The number of thioether (sulfide) groups is 1. The van der Waals surface area contributed by atoms with Crippen LogP contribution in [0, 0.1) is 18.6 Å². The van der Waals surface area contributed by atoms with E-state index in [1.54, 1.807) is 22.8 Å². The fraction of sp³-hybridized carbons (Fsp3) is 0.0952. The fourth-order valence-corrected chi connectivity index (χ4v) is 3.98. The normalized spacial score (nSPS) is 11.1. The van der Waals surface area contributed by atoms with Gasteiger partial charge in [0.2, 0.25) is 5.91 Å². The summed E-state index contributed by atoms with van der Waals surface area (Å²) in [6.45, 7) is 1.85. The molecule has 2 aromatic carbocycles. The van der Waals surface area contributed by atoms with E-state index >= 15 is 0 Å². The Labute approximate surface area is 180 Å². The van der Waals surface area contributed by atoms with Crippen LogP contribution < -0.4 is 5.32 Å². The summed E-state index contributed by atoms with van der Waals surface area (Å²) in [7, 11) is 0. The quantitative estimate of drug-likeness (QED) is 0.332. The van der Waals surface area contributed by atoms with Crippen LogP contribution in [0.4, 0.5) is 14.5 Å². The van der Waals surface area contributed by atoms with Crippen molar-refractivity contribution in [2.45, 2.75) is 11.9 Å². The van der Waals surface area contributed by atoms with Crippen LogP contribution in [-0.4, -0.2) is 26.3 Å². The largest absolute Gasteiger partial charge is 0.324 e. The summed E-state index contributed by atoms with van der Waals surface area (Å²) in [5.41, 5.74) is 3.28. The van der Waals surface area contributed by atoms with Crippen molar-refractivity contribution >= 4 is 40.6 Å². The van der Waals surface area contributed by atoms with Crippen molar-refractivity contribution < 1.29 is 13.6 Å². The van der Waals surface area contributed by atoms with Gasteiger partial charge in [-0.15, -0.1) is 0 Å². The smallest absolute Gasteiger partial charge is 0.234 e. The molecule has 1 amide bonds. The molecule has 5 nitrogen and oxygen atoms in total. The Hall–Kier alpha value is -2.97. The minimum atomic E-state index is -0.474. The zero-order valence-electron chi connectivity index (χ0n) is 15.7. The SMILES string of the molecule is Cc1cc(SCC(=O)Nc2ccc(F)cc2Cl)n2ncc(-c3ccc(F)cc3)c2n1. The van der Waals surface area contributed by atoms with Gasteiger partial charge in [0.1, 0.15) is 16.7 Å². The van der Waals surface area contributed by atoms with Gasteiger partial charge in [0, 0.05) is 11.3 Å². The van der Waals surface area contributed by atoms with E-state index in [0.717, 1.165) is 27.9 Å². The number of rotatable bonds is 5. The van der Waals surface area contributed by atoms with Gasteiger partial charge >= 0.3 is 0 Å². The van der Waals surface area contributed by atoms with E-state index in [4.69, 9.17) is 11.6 Å². The van der Waals surface area contributed by atoms with Crippen LogP contribution in [0.3, 0.4) is 0 Å². The molecule has 9 heteroatoms. The number of halogens is 3. The third-order valence-electron chi connectivity index (χ3n) is 4.28. The molecule has 4 rings (SSSR count). The molecule has 152 valence electrons. The fourth-order valence-electron chi connectivity index (χ4n) is 2.90. The number of fused-ring (bicyclic) bond motifs is 1. The highest BCUT2D eigenvalue weighted by Gasteiger charge is 2.14. The van der Waals surface area contributed by atoms with Crippen molar-refractivity contribution in [3.05, 3.63) is 77.1 Å². The van der Waals surface area contributed by atoms with E-state index < -0.39 is 5.82 Å². The van der Waals surface area contributed by atoms with Crippen molar-refractivity contribution in [2.75, 3.05) is 11.1 Å². The van der Waals surface area contributed by atoms with Gasteiger partial charge in [0.05, 0.1) is 22.7 Å². The highest BCUT2D eigenvalue weighted by molar-refractivity contribution is 7.99. The maximum Gasteiger partial charge on any atom is 0.234 e. The van der Waals surface area contributed by atoms with Crippen LogP contribution in [0.2, 0.25) is 5.02 Å². The minimum Gasteiger partial charge on any atom is -0.324 e. The second-order valence-corrected chi connectivity index (χ2v) is 7.90. The predicted octanol–water partition coefficient (Wildman–Crippen LogP) is 5.37. The Morgan fingerprint density at radius 3 is 2.60 bits per heavy atom. The van der Waals surface area contributed by atoms with Gasteiger partial charge in [-0.05, 0) is 48.9 Å². The lowest BCUT2D eigenvalue weighted by Gasteiger charge is -2.09. The molecule has 30 heavy (non-hydrogen) atoms. The van der Waals surface area contributed by atoms with Crippen molar-refractivity contribution in [1.29, 1.82) is 0 Å². The molecular weight excluding hydrogens is 430 g/mol. The van der Waals surface area contributed by atoms with Gasteiger partial charge in [-0.3, -0.25) is 4.79 Å². The first-order valence-electron chi connectivity index (χ1n) is 8.90. The number of benzene rings is 2. The number of carbonyl (C=O) groups is 1. The van der Waals surface area contributed by atoms with E-state index in [1.807, 2.05) is 13.0 Å². The molecule has 0 aliphatic rings. The summed E-state index contributed by atoms with van der Waals surface area (Å²) in [5.74, 6) is -0.986. The molecule has 1 N–H and O–H groups in total. The number of hydrogen-bond donors (Lipinski definition) is 1. The molecule has 0 bridgehead atoms. The number of hydrogen-bond acceptors (Lipinski definition) is 4. The van der Waals surface area contributed by atoms with Crippen molar-refractivity contribution in [1.82, 2.24) is 14.6 Å². The van der Waals surface area contributed by atoms with E-state index in [2.05, 4.69) is 15.4 Å². The molecule has 0 spiro atoms. The zero-order valence-corrected chi connectivity index (χ0v) is 17.3. The average molecular weight is 445 g/mol. The van der Waals surface area contributed by atoms with Crippen molar-refractivity contribution in [3.63, 3.8) is 0 Å². The lowest BCUT2D eigenvalue weighted by atomic mass is 10.1. The topological polar surface area (TPSA) is 59.3 Å². The van der Waals surface area contributed by atoms with Crippen LogP contribution >= 0.6 is 23.4 Å². The molecule has 2 aromatic heterocycles. The van der Waals surface area contributed by atoms with E-state index in [1.165, 1.54) is 36.0 Å². The molecule has 0 saturated heterocycles. The Bertz CT molecular complexity index is 1240. The minimum absolute atomic E-state index is 0.0952. The Morgan fingerprint density at radius 2 is 1.87 bits per heavy atom. The third kappa shape index (κ3) is 4.29. The number of amides is 1. The number of aromatic nitrogens is 3. The van der Waals surface area contributed by atoms with Crippen LogP contribution in [0.25, 0.3) is 16.8 Å². The van der Waals surface area contributed by atoms with Gasteiger partial charge in [-0.25, -0.2) is 18.3 Å². The van der Waals surface area contributed by atoms with E-state index in [-0.39, 0.29) is 22.5 Å². The highest BCUT2D eigenvalue weighted by Crippen LogP contribution is 2.28. The van der Waals surface area contributed by atoms with Crippen molar-refractivity contribution in [3.8, 4) is 11.1 Å². The first-order valence-corrected chi connectivity index (χ1v) is 10.3. The van der Waals surface area contributed by atoms with Crippen LogP contribution in [0.15, 0.2) is 59.8 Å². The molecule has 0 aliphatic heterocycles. The van der Waals surface area contributed by atoms with E-state index in [0.29, 0.717) is 11.3 Å². The van der Waals surface area contributed by atoms with Gasteiger partial charge < -0.3 is 5.32 Å². The Morgan fingerprint density at radius 1 is 1.13 bits per heavy atom. The number of nitrogens with one attached hydrogen (secondary N) is 1. The molecule has 0 aliphatic carbocycles. The first-order chi connectivity index (χ1) is 14.4. The standard InChI is InChI=1S/C21H15ClF2N4OS/c1-12-8-20(30-11-19(29)27-18-7-6-15(24)9-17(18)22)28-21(26-12)16(10-25-28)13-2-4-14(23)5-3-13/h2-10H,11H2,1H3,(H,27,29). The third-order valence-corrected chi connectivity index (χ3v) is 5.58. The average Bonchev–Trinajstić information content (AvgIpc) is 3.12. The summed E-state index contributed by atoms with van der Waals surface area (Å²) >= 11 is 7.24. The van der Waals surface area contributed by atoms with Crippen LogP contribution in [-0.2, 0) is 4.79 Å². The van der Waals surface area contributed by atoms with Gasteiger partial charge in [-0.1, -0.05) is 35.5 Å². The second-order valence-electron chi connectivity index (χ2n) is 6.50. The maximum absolute atomic E-state index is 13.2. The summed E-state index contributed by atoms with van der Waals surface area (Å²) in [6.07, 6.45) is 1.66. The molecule has 2 heterocycles. The highest BCUT2D eigenvalue weighted by atomic mass is 35.5. The molecule has 0 unspecified atom stereocenters. The zero-order chi connectivity index (χ0) is 21.3. The van der Waals surface area contributed by atoms with E-state index in [9.17, 15) is 13.6 Å². The second kappa shape index (κ2) is 8.41. The molecule has 0 fully saturated rings. The van der Waals surface area contributed by atoms with Crippen LogP contribution in [0.5, 0.6) is 0 Å². The number of nitrogens with zero attached hydrogens (tertiary/aromatic N) is 3. The van der Waals surface area contributed by atoms with Gasteiger partial charge in [-0.2, -0.15) is 5.10 Å². The maximum atomic E-state index is 13.2. The van der Waals surface area contributed by atoms with Gasteiger partial charge in [0.15, 0.2) is 5.65 Å². The lowest BCUT2D eigenvalue weighted by molar-refractivity contribution is -0.113. The summed E-state index contributed by atoms with van der Waals surface area (Å²) in [6, 6.07) is 11.7. The summed E-state index contributed by atoms with van der Waals surface area (Å²) in [5, 5.41) is 7.92. The Kier molecular flexibility index (Phi) is 5.69. The van der Waals surface area contributed by atoms with Crippen molar-refractivity contribution in [2.24, 2.45) is 0 Å². The monoisotopic (exact) mass is 444 g/mol. The number of carbonyl (C=O) groups excluding carboxylic acids is 1. The molecule has 0 radical (unpaired) electrons. The molecule has 4 aromatic rings. The number of aryl methyl sites for hydroxylation is 1.